The summed E-state index contributed by atoms with van der Waals surface area (Å²) in [5.41, 5.74) is 0. The average Bonchev–Trinajstić information content (AvgIpc) is 2.66. The molecule has 5 heteroatoms. The quantitative estimate of drug-likeness (QED) is 0.866. The molecule has 2 aliphatic rings. The van der Waals surface area contributed by atoms with Crippen LogP contribution in [0.4, 0.5) is 0 Å². The molecule has 16 heavy (non-hydrogen) atoms. The third-order valence-corrected chi connectivity index (χ3v) is 3.62. The summed E-state index contributed by atoms with van der Waals surface area (Å²) in [6, 6.07) is 0. The van der Waals surface area contributed by atoms with E-state index in [0.717, 1.165) is 37.6 Å². The third-order valence-electron chi connectivity index (χ3n) is 3.62. The summed E-state index contributed by atoms with van der Waals surface area (Å²) < 4.78 is 5.37. The van der Waals surface area contributed by atoms with Crippen LogP contribution in [0.3, 0.4) is 0 Å². The lowest BCUT2D eigenvalue weighted by molar-refractivity contribution is 0.311. The van der Waals surface area contributed by atoms with Gasteiger partial charge in [-0.2, -0.15) is 4.98 Å². The zero-order valence-corrected chi connectivity index (χ0v) is 10.1. The SMILES string of the molecule is C1CC(c2noc(C3CCNCC3)n2)C1.Cl. The Balaban J connectivity index is 0.000000963. The van der Waals surface area contributed by atoms with Crippen molar-refractivity contribution in [1.29, 1.82) is 0 Å². The summed E-state index contributed by atoms with van der Waals surface area (Å²) in [6.07, 6.45) is 6.07. The Morgan fingerprint density at radius 1 is 1.06 bits per heavy atom. The van der Waals surface area contributed by atoms with Crippen molar-refractivity contribution in [3.63, 3.8) is 0 Å². The highest BCUT2D eigenvalue weighted by molar-refractivity contribution is 5.85. The molecule has 1 N–H and O–H groups in total. The highest BCUT2D eigenvalue weighted by Gasteiger charge is 2.27. The van der Waals surface area contributed by atoms with Crippen molar-refractivity contribution in [2.24, 2.45) is 0 Å². The minimum absolute atomic E-state index is 0. The maximum Gasteiger partial charge on any atom is 0.229 e. The topological polar surface area (TPSA) is 51.0 Å². The molecule has 1 aromatic heterocycles. The van der Waals surface area contributed by atoms with Crippen molar-refractivity contribution in [1.82, 2.24) is 15.5 Å². The zero-order valence-electron chi connectivity index (χ0n) is 9.32. The van der Waals surface area contributed by atoms with E-state index in [1.165, 1.54) is 19.3 Å². The van der Waals surface area contributed by atoms with Crippen LogP contribution in [0.5, 0.6) is 0 Å². The number of halogens is 1. The summed E-state index contributed by atoms with van der Waals surface area (Å²) in [5, 5.41) is 7.45. The molecule has 3 rings (SSSR count). The number of rotatable bonds is 2. The van der Waals surface area contributed by atoms with Gasteiger partial charge in [0.15, 0.2) is 5.82 Å². The number of piperidine rings is 1. The lowest BCUT2D eigenvalue weighted by Crippen LogP contribution is -2.26. The van der Waals surface area contributed by atoms with Crippen molar-refractivity contribution in [2.75, 3.05) is 13.1 Å². The fourth-order valence-corrected chi connectivity index (χ4v) is 2.31. The van der Waals surface area contributed by atoms with Gasteiger partial charge in [-0.05, 0) is 38.8 Å². The molecule has 1 aliphatic heterocycles. The van der Waals surface area contributed by atoms with E-state index in [1.807, 2.05) is 0 Å². The Hall–Kier alpha value is -0.610. The lowest BCUT2D eigenvalue weighted by atomic mass is 9.85. The number of aromatic nitrogens is 2. The highest BCUT2D eigenvalue weighted by atomic mass is 35.5. The normalized spacial score (nSPS) is 22.5. The van der Waals surface area contributed by atoms with E-state index >= 15 is 0 Å². The van der Waals surface area contributed by atoms with Crippen LogP contribution >= 0.6 is 12.4 Å². The largest absolute Gasteiger partial charge is 0.339 e. The monoisotopic (exact) mass is 243 g/mol. The Kier molecular flexibility index (Phi) is 3.82. The molecule has 0 radical (unpaired) electrons. The Morgan fingerprint density at radius 2 is 1.81 bits per heavy atom. The van der Waals surface area contributed by atoms with Gasteiger partial charge in [-0.3, -0.25) is 0 Å². The van der Waals surface area contributed by atoms with E-state index in [2.05, 4.69) is 15.5 Å². The molecule has 0 bridgehead atoms. The summed E-state index contributed by atoms with van der Waals surface area (Å²) >= 11 is 0. The van der Waals surface area contributed by atoms with Gasteiger partial charge >= 0.3 is 0 Å². The standard InChI is InChI=1S/C11H17N3O.ClH/c1-2-8(3-1)10-13-11(15-14-10)9-4-6-12-7-5-9;/h8-9,12H,1-7H2;1H. The molecule has 2 heterocycles. The zero-order chi connectivity index (χ0) is 10.1. The second-order valence-electron chi connectivity index (χ2n) is 4.64. The van der Waals surface area contributed by atoms with Crippen LogP contribution in [0, 0.1) is 0 Å². The number of hydrogen-bond donors (Lipinski definition) is 1. The van der Waals surface area contributed by atoms with Crippen molar-refractivity contribution in [3.8, 4) is 0 Å². The van der Waals surface area contributed by atoms with Gasteiger partial charge in [0.25, 0.3) is 0 Å². The van der Waals surface area contributed by atoms with Crippen LogP contribution in [0.2, 0.25) is 0 Å². The summed E-state index contributed by atoms with van der Waals surface area (Å²) in [5.74, 6) is 2.91. The van der Waals surface area contributed by atoms with Crippen LogP contribution < -0.4 is 5.32 Å². The second-order valence-corrected chi connectivity index (χ2v) is 4.64. The maximum absolute atomic E-state index is 5.37. The van der Waals surface area contributed by atoms with E-state index in [4.69, 9.17) is 4.52 Å². The van der Waals surface area contributed by atoms with Gasteiger partial charge in [0.05, 0.1) is 0 Å². The van der Waals surface area contributed by atoms with Gasteiger partial charge < -0.3 is 9.84 Å². The summed E-state index contributed by atoms with van der Waals surface area (Å²) in [4.78, 5) is 4.55. The Bertz CT molecular complexity index is 332. The number of nitrogens with zero attached hydrogens (tertiary/aromatic N) is 2. The number of nitrogens with one attached hydrogen (secondary N) is 1. The maximum atomic E-state index is 5.37. The lowest BCUT2D eigenvalue weighted by Gasteiger charge is -2.21. The second kappa shape index (κ2) is 5.15. The fourth-order valence-electron chi connectivity index (χ4n) is 2.31. The van der Waals surface area contributed by atoms with E-state index < -0.39 is 0 Å². The summed E-state index contributed by atoms with van der Waals surface area (Å²) in [7, 11) is 0. The first kappa shape index (κ1) is 11.9. The number of hydrogen-bond acceptors (Lipinski definition) is 4. The first-order chi connectivity index (χ1) is 7.43. The molecule has 2 fully saturated rings. The van der Waals surface area contributed by atoms with Crippen LogP contribution in [0.1, 0.15) is 55.7 Å². The molecular formula is C11H18ClN3O. The molecular weight excluding hydrogens is 226 g/mol. The van der Waals surface area contributed by atoms with Crippen molar-refractivity contribution >= 4 is 12.4 Å². The van der Waals surface area contributed by atoms with Gasteiger partial charge in [0, 0.05) is 11.8 Å². The average molecular weight is 244 g/mol. The first-order valence-electron chi connectivity index (χ1n) is 5.97. The van der Waals surface area contributed by atoms with Crippen molar-refractivity contribution in [3.05, 3.63) is 11.7 Å². The molecule has 1 aliphatic carbocycles. The predicted molar refractivity (Wildman–Crippen MR) is 63.0 cm³/mol. The van der Waals surface area contributed by atoms with E-state index in [0.29, 0.717) is 11.8 Å². The van der Waals surface area contributed by atoms with Gasteiger partial charge in [-0.1, -0.05) is 11.6 Å². The van der Waals surface area contributed by atoms with Crippen LogP contribution in [-0.2, 0) is 0 Å². The van der Waals surface area contributed by atoms with Gasteiger partial charge in [0.2, 0.25) is 5.89 Å². The van der Waals surface area contributed by atoms with E-state index in [9.17, 15) is 0 Å². The van der Waals surface area contributed by atoms with Crippen molar-refractivity contribution in [2.45, 2.75) is 43.9 Å². The van der Waals surface area contributed by atoms with Crippen LogP contribution in [0.25, 0.3) is 0 Å². The molecule has 4 nitrogen and oxygen atoms in total. The molecule has 0 unspecified atom stereocenters. The van der Waals surface area contributed by atoms with Crippen molar-refractivity contribution < 1.29 is 4.52 Å². The minimum atomic E-state index is 0. The first-order valence-corrected chi connectivity index (χ1v) is 5.97. The van der Waals surface area contributed by atoms with Crippen LogP contribution in [0.15, 0.2) is 4.52 Å². The Labute approximate surface area is 102 Å². The Morgan fingerprint density at radius 3 is 2.44 bits per heavy atom. The van der Waals surface area contributed by atoms with Gasteiger partial charge in [-0.25, -0.2) is 0 Å². The fraction of sp³-hybridized carbons (Fsp3) is 0.818. The molecule has 0 spiro atoms. The van der Waals surface area contributed by atoms with E-state index in [1.54, 1.807) is 0 Å². The third kappa shape index (κ3) is 2.23. The molecule has 1 aromatic rings. The van der Waals surface area contributed by atoms with Crippen LogP contribution in [-0.4, -0.2) is 23.2 Å². The molecule has 1 saturated carbocycles. The summed E-state index contributed by atoms with van der Waals surface area (Å²) in [6.45, 7) is 2.15. The predicted octanol–water partition coefficient (Wildman–Crippen LogP) is 2.23. The minimum Gasteiger partial charge on any atom is -0.339 e. The molecule has 0 aromatic carbocycles. The smallest absolute Gasteiger partial charge is 0.229 e. The molecule has 1 saturated heterocycles. The highest BCUT2D eigenvalue weighted by Crippen LogP contribution is 2.35. The molecule has 90 valence electrons. The molecule has 0 atom stereocenters. The van der Waals surface area contributed by atoms with Gasteiger partial charge in [0.1, 0.15) is 0 Å². The molecule has 0 amide bonds. The van der Waals surface area contributed by atoms with Gasteiger partial charge in [-0.15, -0.1) is 12.4 Å². The van der Waals surface area contributed by atoms with E-state index in [-0.39, 0.29) is 12.4 Å².